The molecule has 174 valence electrons. The van der Waals surface area contributed by atoms with Crippen LogP contribution >= 0.6 is 0 Å². The predicted molar refractivity (Wildman–Crippen MR) is 126 cm³/mol. The van der Waals surface area contributed by atoms with Crippen LogP contribution in [0, 0.1) is 12.8 Å². The first-order valence-corrected chi connectivity index (χ1v) is 12.6. The minimum absolute atomic E-state index is 0.00223. The Morgan fingerprint density at radius 1 is 1.09 bits per heavy atom. The molecule has 0 saturated heterocycles. The Kier molecular flexibility index (Phi) is 6.72. The summed E-state index contributed by atoms with van der Waals surface area (Å²) in [5, 5.41) is 0. The van der Waals surface area contributed by atoms with E-state index in [-0.39, 0.29) is 17.4 Å². The molecule has 2 aromatic rings. The third-order valence-electron chi connectivity index (χ3n) is 6.29. The quantitative estimate of drug-likeness (QED) is 0.567. The lowest BCUT2D eigenvalue weighted by Crippen LogP contribution is -2.43. The van der Waals surface area contributed by atoms with E-state index in [0.717, 1.165) is 36.0 Å². The molecule has 0 spiro atoms. The molecule has 0 aromatic heterocycles. The van der Waals surface area contributed by atoms with E-state index in [0.29, 0.717) is 23.6 Å². The summed E-state index contributed by atoms with van der Waals surface area (Å²) in [6, 6.07) is 13.5. The van der Waals surface area contributed by atoms with Crippen molar-refractivity contribution in [2.24, 2.45) is 5.92 Å². The van der Waals surface area contributed by atoms with Crippen LogP contribution in [-0.4, -0.2) is 38.9 Å². The molecule has 0 bridgehead atoms. The van der Waals surface area contributed by atoms with Crippen LogP contribution in [0.3, 0.4) is 0 Å². The van der Waals surface area contributed by atoms with Gasteiger partial charge in [-0.3, -0.25) is 0 Å². The first kappa shape index (κ1) is 23.3. The van der Waals surface area contributed by atoms with Crippen molar-refractivity contribution in [3.63, 3.8) is 0 Å². The number of allylic oxidation sites excluding steroid dienone is 2. The van der Waals surface area contributed by atoms with Gasteiger partial charge in [-0.2, -0.15) is 4.31 Å². The molecule has 4 rings (SSSR count). The van der Waals surface area contributed by atoms with E-state index in [4.69, 9.17) is 9.47 Å². The third kappa shape index (κ3) is 4.75. The minimum Gasteiger partial charge on any atom is -0.497 e. The summed E-state index contributed by atoms with van der Waals surface area (Å²) in [5.41, 5.74) is 3.50. The summed E-state index contributed by atoms with van der Waals surface area (Å²) in [6.07, 6.45) is 4.69. The van der Waals surface area contributed by atoms with Gasteiger partial charge in [-0.25, -0.2) is 13.2 Å². The SMILES string of the molecule is CCC1=CCCC2CN(S(=O)(=O)c3ccc(C)cc3)CC(OC(=O)c3ccc(OC)cc3)=C12. The van der Waals surface area contributed by atoms with E-state index in [1.807, 2.05) is 6.92 Å². The Bertz CT molecular complexity index is 1190. The van der Waals surface area contributed by atoms with Gasteiger partial charge >= 0.3 is 5.97 Å². The standard InChI is InChI=1S/C26H29NO5S/c1-4-19-6-5-7-21-16-27(33(29,30)23-14-8-18(2)9-15-23)17-24(25(19)21)32-26(28)20-10-12-22(31-3)13-11-20/h6,8-15,21H,4-5,7,16-17H2,1-3H3. The number of nitrogens with zero attached hydrogens (tertiary/aromatic N) is 1. The molecule has 33 heavy (non-hydrogen) atoms. The van der Waals surface area contributed by atoms with Crippen molar-refractivity contribution >= 4 is 16.0 Å². The topological polar surface area (TPSA) is 72.9 Å². The van der Waals surface area contributed by atoms with Crippen LogP contribution in [0.2, 0.25) is 0 Å². The van der Waals surface area contributed by atoms with Gasteiger partial charge in [0.2, 0.25) is 10.0 Å². The van der Waals surface area contributed by atoms with Crippen LogP contribution in [0.25, 0.3) is 0 Å². The smallest absolute Gasteiger partial charge is 0.343 e. The summed E-state index contributed by atoms with van der Waals surface area (Å²) >= 11 is 0. The monoisotopic (exact) mass is 467 g/mol. The fourth-order valence-electron chi connectivity index (χ4n) is 4.48. The zero-order valence-corrected chi connectivity index (χ0v) is 20.0. The molecule has 1 aliphatic carbocycles. The molecule has 6 nitrogen and oxygen atoms in total. The molecule has 1 aliphatic heterocycles. The van der Waals surface area contributed by atoms with Crippen LogP contribution in [0.1, 0.15) is 42.1 Å². The molecular weight excluding hydrogens is 438 g/mol. The summed E-state index contributed by atoms with van der Waals surface area (Å²) in [5.74, 6) is 0.563. The largest absolute Gasteiger partial charge is 0.497 e. The van der Waals surface area contributed by atoms with Gasteiger partial charge in [0.25, 0.3) is 0 Å². The fourth-order valence-corrected chi connectivity index (χ4v) is 5.92. The maximum absolute atomic E-state index is 13.4. The number of esters is 1. The van der Waals surface area contributed by atoms with Crippen molar-refractivity contribution in [1.82, 2.24) is 4.31 Å². The van der Waals surface area contributed by atoms with Crippen LogP contribution < -0.4 is 4.74 Å². The van der Waals surface area contributed by atoms with Gasteiger partial charge in [-0.15, -0.1) is 0 Å². The van der Waals surface area contributed by atoms with Gasteiger partial charge in [0.1, 0.15) is 11.5 Å². The maximum Gasteiger partial charge on any atom is 0.343 e. The molecule has 2 aliphatic rings. The van der Waals surface area contributed by atoms with Gasteiger partial charge in [0, 0.05) is 12.5 Å². The summed E-state index contributed by atoms with van der Waals surface area (Å²) < 4.78 is 39.3. The third-order valence-corrected chi connectivity index (χ3v) is 8.11. The number of ether oxygens (including phenoxy) is 2. The zero-order chi connectivity index (χ0) is 23.6. The predicted octanol–water partition coefficient (Wildman–Crippen LogP) is 4.87. The van der Waals surface area contributed by atoms with Crippen LogP contribution in [0.5, 0.6) is 5.75 Å². The molecule has 2 aromatic carbocycles. The Hall–Kier alpha value is -2.90. The van der Waals surface area contributed by atoms with E-state index in [9.17, 15) is 13.2 Å². The van der Waals surface area contributed by atoms with Crippen LogP contribution in [-0.2, 0) is 14.8 Å². The molecule has 7 heteroatoms. The summed E-state index contributed by atoms with van der Waals surface area (Å²) in [6.45, 7) is 4.40. The molecule has 1 heterocycles. The normalized spacial score (nSPS) is 19.0. The van der Waals surface area contributed by atoms with Crippen molar-refractivity contribution in [3.8, 4) is 5.75 Å². The Balaban J connectivity index is 1.68. The van der Waals surface area contributed by atoms with Gasteiger partial charge in [0.05, 0.1) is 24.1 Å². The maximum atomic E-state index is 13.4. The van der Waals surface area contributed by atoms with E-state index in [1.165, 1.54) is 4.31 Å². The second-order valence-corrected chi connectivity index (χ2v) is 10.4. The van der Waals surface area contributed by atoms with E-state index < -0.39 is 16.0 Å². The highest BCUT2D eigenvalue weighted by atomic mass is 32.2. The second kappa shape index (κ2) is 9.53. The molecular formula is C26H29NO5S. The van der Waals surface area contributed by atoms with Crippen molar-refractivity contribution in [1.29, 1.82) is 0 Å². The summed E-state index contributed by atoms with van der Waals surface area (Å²) in [7, 11) is -2.16. The first-order valence-electron chi connectivity index (χ1n) is 11.2. The number of methoxy groups -OCH3 is 1. The molecule has 0 fully saturated rings. The number of hydrogen-bond acceptors (Lipinski definition) is 5. The zero-order valence-electron chi connectivity index (χ0n) is 19.2. The van der Waals surface area contributed by atoms with E-state index >= 15 is 0 Å². The van der Waals surface area contributed by atoms with Crippen LogP contribution in [0.15, 0.2) is 76.4 Å². The lowest BCUT2D eigenvalue weighted by molar-refractivity contribution is 0.0588. The molecule has 0 saturated carbocycles. The van der Waals surface area contributed by atoms with Gasteiger partial charge < -0.3 is 9.47 Å². The number of carbonyl (C=O) groups excluding carboxylic acids is 1. The second-order valence-electron chi connectivity index (χ2n) is 8.42. The van der Waals surface area contributed by atoms with Crippen LogP contribution in [0.4, 0.5) is 0 Å². The van der Waals surface area contributed by atoms with E-state index in [2.05, 4.69) is 13.0 Å². The number of sulfonamides is 1. The first-order chi connectivity index (χ1) is 15.8. The summed E-state index contributed by atoms with van der Waals surface area (Å²) in [4.78, 5) is 13.2. The Morgan fingerprint density at radius 2 is 1.79 bits per heavy atom. The highest BCUT2D eigenvalue weighted by Crippen LogP contribution is 2.40. The lowest BCUT2D eigenvalue weighted by atomic mass is 9.80. The van der Waals surface area contributed by atoms with Crippen molar-refractivity contribution in [3.05, 3.63) is 82.6 Å². The Morgan fingerprint density at radius 3 is 2.42 bits per heavy atom. The van der Waals surface area contributed by atoms with Crippen molar-refractivity contribution < 1.29 is 22.7 Å². The molecule has 1 atom stereocenters. The number of fused-ring (bicyclic) bond motifs is 1. The molecule has 0 N–H and O–H groups in total. The van der Waals surface area contributed by atoms with Gasteiger partial charge in [-0.05, 0) is 73.7 Å². The van der Waals surface area contributed by atoms with Gasteiger partial charge in [-0.1, -0.05) is 30.7 Å². The average molecular weight is 468 g/mol. The molecule has 0 radical (unpaired) electrons. The highest BCUT2D eigenvalue weighted by molar-refractivity contribution is 7.89. The fraction of sp³-hybridized carbons (Fsp3) is 0.346. The minimum atomic E-state index is -3.72. The number of carbonyl (C=O) groups is 1. The van der Waals surface area contributed by atoms with E-state index in [1.54, 1.807) is 55.6 Å². The number of aryl methyl sites for hydroxylation is 1. The Labute approximate surface area is 195 Å². The number of benzene rings is 2. The van der Waals surface area contributed by atoms with Gasteiger partial charge in [0.15, 0.2) is 0 Å². The highest BCUT2D eigenvalue weighted by Gasteiger charge is 2.38. The molecule has 1 unspecified atom stereocenters. The van der Waals surface area contributed by atoms with Crippen molar-refractivity contribution in [2.45, 2.75) is 38.0 Å². The number of hydrogen-bond donors (Lipinski definition) is 0. The van der Waals surface area contributed by atoms with Crippen molar-refractivity contribution in [2.75, 3.05) is 20.2 Å². The average Bonchev–Trinajstić information content (AvgIpc) is 2.83. The lowest BCUT2D eigenvalue weighted by Gasteiger charge is -2.37. The number of rotatable bonds is 6. The molecule has 0 amide bonds.